The van der Waals surface area contributed by atoms with E-state index in [0.29, 0.717) is 6.04 Å². The summed E-state index contributed by atoms with van der Waals surface area (Å²) in [6.45, 7) is 7.47. The first-order chi connectivity index (χ1) is 7.79. The maximum absolute atomic E-state index is 5.40. The summed E-state index contributed by atoms with van der Waals surface area (Å²) in [4.78, 5) is 0. The third-order valence-corrected chi connectivity index (χ3v) is 2.94. The molecule has 0 saturated heterocycles. The summed E-state index contributed by atoms with van der Waals surface area (Å²) in [5.41, 5.74) is 3.84. The second-order valence-electron chi connectivity index (χ2n) is 4.39. The predicted molar refractivity (Wildman–Crippen MR) is 67.5 cm³/mol. The fourth-order valence-corrected chi connectivity index (χ4v) is 1.99. The molecule has 0 fully saturated rings. The third-order valence-electron chi connectivity index (χ3n) is 2.94. The zero-order valence-electron chi connectivity index (χ0n) is 9.83. The summed E-state index contributed by atoms with van der Waals surface area (Å²) in [7, 11) is 0. The lowest BCUT2D eigenvalue weighted by Gasteiger charge is -2.15. The Morgan fingerprint density at radius 1 is 1.44 bits per heavy atom. The second kappa shape index (κ2) is 5.17. The molecule has 0 saturated carbocycles. The van der Waals surface area contributed by atoms with Crippen LogP contribution < -0.4 is 5.32 Å². The average molecular weight is 217 g/mol. The van der Waals surface area contributed by atoms with Crippen molar-refractivity contribution >= 4 is 5.69 Å². The summed E-state index contributed by atoms with van der Waals surface area (Å²) >= 11 is 0. The van der Waals surface area contributed by atoms with Crippen LogP contribution in [0.15, 0.2) is 30.9 Å². The molecule has 1 aromatic rings. The van der Waals surface area contributed by atoms with Gasteiger partial charge in [0.25, 0.3) is 0 Å². The van der Waals surface area contributed by atoms with Gasteiger partial charge in [0.2, 0.25) is 0 Å². The van der Waals surface area contributed by atoms with Gasteiger partial charge in [0.1, 0.15) is 0 Å². The SMILES string of the molecule is C=CCCC(C)Nc1ccc2c(c1)COC2. The molecule has 1 aromatic carbocycles. The van der Waals surface area contributed by atoms with Crippen molar-refractivity contribution in [1.29, 1.82) is 0 Å². The third kappa shape index (κ3) is 2.64. The average Bonchev–Trinajstić information content (AvgIpc) is 2.73. The van der Waals surface area contributed by atoms with E-state index in [0.717, 1.165) is 26.1 Å². The van der Waals surface area contributed by atoms with Crippen molar-refractivity contribution in [2.75, 3.05) is 5.32 Å². The molecule has 2 rings (SSSR count). The number of allylic oxidation sites excluding steroid dienone is 1. The Bertz CT molecular complexity index is 373. The van der Waals surface area contributed by atoms with Crippen LogP contribution in [0.2, 0.25) is 0 Å². The molecule has 0 radical (unpaired) electrons. The van der Waals surface area contributed by atoms with Crippen LogP contribution in [0.5, 0.6) is 0 Å². The molecule has 0 bridgehead atoms. The molecule has 1 unspecified atom stereocenters. The van der Waals surface area contributed by atoms with E-state index in [2.05, 4.69) is 37.0 Å². The number of hydrogen-bond acceptors (Lipinski definition) is 2. The van der Waals surface area contributed by atoms with Crippen LogP contribution in [0, 0.1) is 0 Å². The van der Waals surface area contributed by atoms with E-state index in [4.69, 9.17) is 4.74 Å². The van der Waals surface area contributed by atoms with Crippen LogP contribution in [0.25, 0.3) is 0 Å². The molecular formula is C14H19NO. The molecule has 1 atom stereocenters. The molecule has 0 amide bonds. The molecule has 0 aromatic heterocycles. The first-order valence-electron chi connectivity index (χ1n) is 5.86. The van der Waals surface area contributed by atoms with Crippen molar-refractivity contribution in [2.45, 2.75) is 39.0 Å². The van der Waals surface area contributed by atoms with Gasteiger partial charge in [0.05, 0.1) is 13.2 Å². The highest BCUT2D eigenvalue weighted by molar-refractivity contribution is 5.49. The first-order valence-corrected chi connectivity index (χ1v) is 5.86. The predicted octanol–water partition coefficient (Wildman–Crippen LogP) is 3.48. The molecule has 2 heteroatoms. The van der Waals surface area contributed by atoms with Crippen LogP contribution in [-0.2, 0) is 18.0 Å². The van der Waals surface area contributed by atoms with Gasteiger partial charge in [-0.1, -0.05) is 12.1 Å². The standard InChI is InChI=1S/C14H19NO/c1-3-4-5-11(2)15-14-7-6-12-9-16-10-13(12)8-14/h3,6-8,11,15H,1,4-5,9-10H2,2H3. The lowest BCUT2D eigenvalue weighted by molar-refractivity contribution is 0.134. The molecule has 1 heterocycles. The van der Waals surface area contributed by atoms with E-state index >= 15 is 0 Å². The van der Waals surface area contributed by atoms with Gasteiger partial charge < -0.3 is 10.1 Å². The second-order valence-corrected chi connectivity index (χ2v) is 4.39. The molecular weight excluding hydrogens is 198 g/mol. The highest BCUT2D eigenvalue weighted by atomic mass is 16.5. The van der Waals surface area contributed by atoms with E-state index in [9.17, 15) is 0 Å². The summed E-state index contributed by atoms with van der Waals surface area (Å²) < 4.78 is 5.40. The molecule has 16 heavy (non-hydrogen) atoms. The van der Waals surface area contributed by atoms with Crippen LogP contribution in [0.3, 0.4) is 0 Å². The zero-order valence-corrected chi connectivity index (χ0v) is 9.83. The summed E-state index contributed by atoms with van der Waals surface area (Å²) in [5, 5.41) is 3.50. The van der Waals surface area contributed by atoms with Crippen LogP contribution in [0.4, 0.5) is 5.69 Å². The number of benzene rings is 1. The van der Waals surface area contributed by atoms with Gasteiger partial charge >= 0.3 is 0 Å². The minimum Gasteiger partial charge on any atom is -0.383 e. The van der Waals surface area contributed by atoms with Gasteiger partial charge in [-0.3, -0.25) is 0 Å². The van der Waals surface area contributed by atoms with Gasteiger partial charge in [-0.2, -0.15) is 0 Å². The van der Waals surface area contributed by atoms with E-state index in [1.807, 2.05) is 6.08 Å². The highest BCUT2D eigenvalue weighted by Gasteiger charge is 2.11. The first kappa shape index (κ1) is 11.2. The zero-order chi connectivity index (χ0) is 11.4. The quantitative estimate of drug-likeness (QED) is 0.762. The fourth-order valence-electron chi connectivity index (χ4n) is 1.99. The van der Waals surface area contributed by atoms with Crippen LogP contribution in [0.1, 0.15) is 30.9 Å². The van der Waals surface area contributed by atoms with Crippen LogP contribution in [-0.4, -0.2) is 6.04 Å². The summed E-state index contributed by atoms with van der Waals surface area (Å²) in [6, 6.07) is 6.98. The topological polar surface area (TPSA) is 21.3 Å². The van der Waals surface area contributed by atoms with Crippen LogP contribution >= 0.6 is 0 Å². The van der Waals surface area contributed by atoms with Gasteiger partial charge in [-0.25, -0.2) is 0 Å². The molecule has 86 valence electrons. The van der Waals surface area contributed by atoms with Crippen molar-refractivity contribution in [2.24, 2.45) is 0 Å². The molecule has 1 aliphatic heterocycles. The Morgan fingerprint density at radius 2 is 2.25 bits per heavy atom. The Morgan fingerprint density at radius 3 is 3.06 bits per heavy atom. The smallest absolute Gasteiger partial charge is 0.0725 e. The van der Waals surface area contributed by atoms with Gasteiger partial charge in [0, 0.05) is 11.7 Å². The molecule has 1 aliphatic rings. The minimum absolute atomic E-state index is 0.485. The molecule has 2 nitrogen and oxygen atoms in total. The van der Waals surface area contributed by atoms with Gasteiger partial charge in [-0.05, 0) is 43.0 Å². The maximum Gasteiger partial charge on any atom is 0.0725 e. The van der Waals surface area contributed by atoms with Gasteiger partial charge in [0.15, 0.2) is 0 Å². The van der Waals surface area contributed by atoms with Gasteiger partial charge in [-0.15, -0.1) is 6.58 Å². The van der Waals surface area contributed by atoms with Crippen molar-refractivity contribution < 1.29 is 4.74 Å². The fraction of sp³-hybridized carbons (Fsp3) is 0.429. The molecule has 0 aliphatic carbocycles. The van der Waals surface area contributed by atoms with E-state index in [1.165, 1.54) is 16.8 Å². The minimum atomic E-state index is 0.485. The van der Waals surface area contributed by atoms with Crippen molar-refractivity contribution in [3.05, 3.63) is 42.0 Å². The number of ether oxygens (including phenoxy) is 1. The highest BCUT2D eigenvalue weighted by Crippen LogP contribution is 2.23. The Balaban J connectivity index is 1.96. The summed E-state index contributed by atoms with van der Waals surface area (Å²) in [6.07, 6.45) is 4.15. The van der Waals surface area contributed by atoms with E-state index < -0.39 is 0 Å². The van der Waals surface area contributed by atoms with E-state index in [-0.39, 0.29) is 0 Å². The number of anilines is 1. The van der Waals surface area contributed by atoms with E-state index in [1.54, 1.807) is 0 Å². The normalized spacial score (nSPS) is 15.6. The Kier molecular flexibility index (Phi) is 3.62. The molecule has 1 N–H and O–H groups in total. The largest absolute Gasteiger partial charge is 0.383 e. The number of fused-ring (bicyclic) bond motifs is 1. The van der Waals surface area contributed by atoms with Crippen molar-refractivity contribution in [3.8, 4) is 0 Å². The number of nitrogens with one attached hydrogen (secondary N) is 1. The lowest BCUT2D eigenvalue weighted by Crippen LogP contribution is -2.14. The molecule has 0 spiro atoms. The Hall–Kier alpha value is -1.28. The monoisotopic (exact) mass is 217 g/mol. The number of hydrogen-bond donors (Lipinski definition) is 1. The lowest BCUT2D eigenvalue weighted by atomic mass is 10.1. The number of rotatable bonds is 5. The maximum atomic E-state index is 5.40. The van der Waals surface area contributed by atoms with Crippen molar-refractivity contribution in [3.63, 3.8) is 0 Å². The van der Waals surface area contributed by atoms with Crippen molar-refractivity contribution in [1.82, 2.24) is 0 Å². The Labute approximate surface area is 97.3 Å². The summed E-state index contributed by atoms with van der Waals surface area (Å²) in [5.74, 6) is 0.